The summed E-state index contributed by atoms with van der Waals surface area (Å²) in [5.74, 6) is -0.356. The summed E-state index contributed by atoms with van der Waals surface area (Å²) in [5, 5.41) is 0. The summed E-state index contributed by atoms with van der Waals surface area (Å²) in [4.78, 5) is 13.8. The number of carbonyl (C=O) groups is 1. The van der Waals surface area contributed by atoms with Gasteiger partial charge in [-0.25, -0.2) is 0 Å². The Morgan fingerprint density at radius 1 is 1.17 bits per heavy atom. The molecule has 1 heterocycles. The molecule has 2 N–H and O–H groups in total. The number of anilines is 1. The molecule has 0 aliphatic carbocycles. The van der Waals surface area contributed by atoms with Gasteiger partial charge < -0.3 is 15.4 Å². The molecule has 1 aromatic rings. The number of hydrogen-bond donors (Lipinski definition) is 1. The summed E-state index contributed by atoms with van der Waals surface area (Å²) in [7, 11) is 0. The summed E-state index contributed by atoms with van der Waals surface area (Å²) in [6.45, 7) is 9.28. The predicted molar refractivity (Wildman–Crippen MR) is 72.2 cm³/mol. The molecule has 1 aliphatic heterocycles. The Kier molecular flexibility index (Phi) is 3.57. The Morgan fingerprint density at radius 3 is 2.33 bits per heavy atom. The largest absolute Gasteiger partial charge is 0.378 e. The number of carbonyl (C=O) groups excluding carboxylic acids is 1. The Labute approximate surface area is 108 Å². The van der Waals surface area contributed by atoms with Crippen molar-refractivity contribution in [1.29, 1.82) is 0 Å². The van der Waals surface area contributed by atoms with Crippen LogP contribution in [-0.4, -0.2) is 32.2 Å². The molecule has 4 heteroatoms. The van der Waals surface area contributed by atoms with E-state index < -0.39 is 0 Å². The lowest BCUT2D eigenvalue weighted by Crippen LogP contribution is -2.37. The molecule has 0 saturated carbocycles. The third-order valence-electron chi connectivity index (χ3n) is 3.81. The number of hydrogen-bond acceptors (Lipinski definition) is 3. The van der Waals surface area contributed by atoms with Crippen LogP contribution in [0.3, 0.4) is 0 Å². The minimum absolute atomic E-state index is 0.356. The van der Waals surface area contributed by atoms with Gasteiger partial charge in [0.15, 0.2) is 0 Å². The first-order chi connectivity index (χ1) is 8.52. The van der Waals surface area contributed by atoms with Gasteiger partial charge >= 0.3 is 0 Å². The second-order valence-corrected chi connectivity index (χ2v) is 4.78. The van der Waals surface area contributed by atoms with Crippen molar-refractivity contribution in [2.24, 2.45) is 5.73 Å². The molecule has 1 amide bonds. The number of nitrogens with zero attached hydrogens (tertiary/aromatic N) is 1. The molecule has 18 heavy (non-hydrogen) atoms. The molecule has 4 nitrogen and oxygen atoms in total. The van der Waals surface area contributed by atoms with Crippen LogP contribution < -0.4 is 10.6 Å². The van der Waals surface area contributed by atoms with Gasteiger partial charge in [0.05, 0.1) is 13.2 Å². The van der Waals surface area contributed by atoms with Crippen LogP contribution in [0.25, 0.3) is 0 Å². The van der Waals surface area contributed by atoms with Crippen LogP contribution >= 0.6 is 0 Å². The van der Waals surface area contributed by atoms with E-state index >= 15 is 0 Å². The number of nitrogens with two attached hydrogens (primary N) is 1. The van der Waals surface area contributed by atoms with Crippen LogP contribution in [0.15, 0.2) is 6.07 Å². The van der Waals surface area contributed by atoms with Crippen LogP contribution in [0, 0.1) is 20.8 Å². The van der Waals surface area contributed by atoms with Gasteiger partial charge in [-0.2, -0.15) is 0 Å². The highest BCUT2D eigenvalue weighted by Gasteiger charge is 2.18. The first-order valence-electron chi connectivity index (χ1n) is 6.25. The Balaban J connectivity index is 2.49. The first kappa shape index (κ1) is 12.9. The summed E-state index contributed by atoms with van der Waals surface area (Å²) in [5.41, 5.74) is 10.5. The normalized spacial score (nSPS) is 15.8. The number of benzene rings is 1. The Bertz CT molecular complexity index is 477. The molecule has 0 bridgehead atoms. The third-order valence-corrected chi connectivity index (χ3v) is 3.81. The maximum Gasteiger partial charge on any atom is 0.249 e. The van der Waals surface area contributed by atoms with Crippen molar-refractivity contribution in [2.45, 2.75) is 20.8 Å². The maximum absolute atomic E-state index is 11.5. The van der Waals surface area contributed by atoms with Gasteiger partial charge in [0.1, 0.15) is 0 Å². The Morgan fingerprint density at radius 2 is 1.78 bits per heavy atom. The molecular weight excluding hydrogens is 228 g/mol. The molecule has 1 aliphatic rings. The number of ether oxygens (including phenoxy) is 1. The van der Waals surface area contributed by atoms with Gasteiger partial charge in [0, 0.05) is 24.3 Å². The quantitative estimate of drug-likeness (QED) is 0.864. The van der Waals surface area contributed by atoms with Crippen LogP contribution in [0.1, 0.15) is 27.0 Å². The van der Waals surface area contributed by atoms with E-state index in [9.17, 15) is 4.79 Å². The van der Waals surface area contributed by atoms with Crippen molar-refractivity contribution in [2.75, 3.05) is 31.2 Å². The highest BCUT2D eigenvalue weighted by atomic mass is 16.5. The van der Waals surface area contributed by atoms with E-state index in [1.807, 2.05) is 19.9 Å². The van der Waals surface area contributed by atoms with E-state index in [0.717, 1.165) is 43.1 Å². The molecule has 2 rings (SSSR count). The van der Waals surface area contributed by atoms with Crippen LogP contribution in [0.2, 0.25) is 0 Å². The average molecular weight is 248 g/mol. The fraction of sp³-hybridized carbons (Fsp3) is 0.500. The van der Waals surface area contributed by atoms with Crippen molar-refractivity contribution in [3.8, 4) is 0 Å². The van der Waals surface area contributed by atoms with Crippen LogP contribution in [0.5, 0.6) is 0 Å². The highest BCUT2D eigenvalue weighted by molar-refractivity contribution is 5.96. The maximum atomic E-state index is 11.5. The van der Waals surface area contributed by atoms with E-state index in [2.05, 4.69) is 11.8 Å². The molecule has 0 aromatic heterocycles. The SMILES string of the molecule is Cc1c(C(N)=O)cc(N2CCOCC2)c(C)c1C. The van der Waals surface area contributed by atoms with E-state index in [1.54, 1.807) is 0 Å². The second-order valence-electron chi connectivity index (χ2n) is 4.78. The zero-order chi connectivity index (χ0) is 13.3. The smallest absolute Gasteiger partial charge is 0.249 e. The van der Waals surface area contributed by atoms with Crippen LogP contribution in [-0.2, 0) is 4.74 Å². The number of rotatable bonds is 2. The number of morpholine rings is 1. The van der Waals surface area contributed by atoms with Gasteiger partial charge in [-0.05, 0) is 43.5 Å². The zero-order valence-corrected chi connectivity index (χ0v) is 11.2. The topological polar surface area (TPSA) is 55.6 Å². The second kappa shape index (κ2) is 4.98. The molecule has 98 valence electrons. The van der Waals surface area contributed by atoms with Crippen LogP contribution in [0.4, 0.5) is 5.69 Å². The lowest BCUT2D eigenvalue weighted by molar-refractivity contribution is 0.0999. The molecular formula is C14H20N2O2. The van der Waals surface area contributed by atoms with Gasteiger partial charge in [-0.15, -0.1) is 0 Å². The minimum atomic E-state index is -0.356. The first-order valence-corrected chi connectivity index (χ1v) is 6.25. The van der Waals surface area contributed by atoms with Gasteiger partial charge in [0.2, 0.25) is 5.91 Å². The standard InChI is InChI=1S/C14H20N2O2/c1-9-10(2)12(14(15)17)8-13(11(9)3)16-4-6-18-7-5-16/h8H,4-7H2,1-3H3,(H2,15,17). The van der Waals surface area contributed by atoms with E-state index in [1.165, 1.54) is 5.56 Å². The molecule has 0 atom stereocenters. The average Bonchev–Trinajstić information content (AvgIpc) is 2.37. The summed E-state index contributed by atoms with van der Waals surface area (Å²) < 4.78 is 5.36. The van der Waals surface area contributed by atoms with Gasteiger partial charge in [0.25, 0.3) is 0 Å². The zero-order valence-electron chi connectivity index (χ0n) is 11.2. The van der Waals surface area contributed by atoms with Crippen molar-refractivity contribution >= 4 is 11.6 Å². The molecule has 1 saturated heterocycles. The van der Waals surface area contributed by atoms with Gasteiger partial charge in [-0.1, -0.05) is 0 Å². The molecule has 1 aromatic carbocycles. The molecule has 1 fully saturated rings. The third kappa shape index (κ3) is 2.20. The van der Waals surface area contributed by atoms with E-state index in [-0.39, 0.29) is 5.91 Å². The highest BCUT2D eigenvalue weighted by Crippen LogP contribution is 2.29. The van der Waals surface area contributed by atoms with Crippen molar-refractivity contribution in [3.63, 3.8) is 0 Å². The van der Waals surface area contributed by atoms with E-state index in [4.69, 9.17) is 10.5 Å². The van der Waals surface area contributed by atoms with E-state index in [0.29, 0.717) is 5.56 Å². The van der Waals surface area contributed by atoms with Crippen molar-refractivity contribution in [3.05, 3.63) is 28.3 Å². The molecule has 0 unspecified atom stereocenters. The summed E-state index contributed by atoms with van der Waals surface area (Å²) in [6, 6.07) is 1.92. The lowest BCUT2D eigenvalue weighted by atomic mass is 9.96. The number of primary amides is 1. The molecule has 0 spiro atoms. The minimum Gasteiger partial charge on any atom is -0.378 e. The number of amides is 1. The van der Waals surface area contributed by atoms with Gasteiger partial charge in [-0.3, -0.25) is 4.79 Å². The summed E-state index contributed by atoms with van der Waals surface area (Å²) in [6.07, 6.45) is 0. The summed E-state index contributed by atoms with van der Waals surface area (Å²) >= 11 is 0. The van der Waals surface area contributed by atoms with Crippen molar-refractivity contribution < 1.29 is 9.53 Å². The lowest BCUT2D eigenvalue weighted by Gasteiger charge is -2.31. The predicted octanol–water partition coefficient (Wildman–Crippen LogP) is 1.55. The molecule has 0 radical (unpaired) electrons. The van der Waals surface area contributed by atoms with Crippen molar-refractivity contribution in [1.82, 2.24) is 0 Å². The fourth-order valence-corrected chi connectivity index (χ4v) is 2.42. The monoisotopic (exact) mass is 248 g/mol. The Hall–Kier alpha value is -1.55. The fourth-order valence-electron chi connectivity index (χ4n) is 2.42.